The van der Waals surface area contributed by atoms with Crippen molar-refractivity contribution in [3.8, 4) is 12.1 Å². The summed E-state index contributed by atoms with van der Waals surface area (Å²) in [6, 6.07) is 6.06. The smallest absolute Gasteiger partial charge is 0.411 e. The number of nitrogens with one attached hydrogen (secondary N) is 1. The quantitative estimate of drug-likeness (QED) is 0.811. The van der Waals surface area contributed by atoms with Gasteiger partial charge < -0.3 is 15.0 Å². The number of carbonyl (C=O) groups is 2. The fourth-order valence-corrected chi connectivity index (χ4v) is 3.84. The van der Waals surface area contributed by atoms with E-state index in [9.17, 15) is 14.9 Å². The molecule has 30 heavy (non-hydrogen) atoms. The van der Waals surface area contributed by atoms with Crippen LogP contribution in [-0.2, 0) is 9.53 Å². The fraction of sp³-hybridized carbons (Fsp3) is 0.571. The van der Waals surface area contributed by atoms with Crippen molar-refractivity contribution in [2.24, 2.45) is 0 Å². The number of hydrogen-bond acceptors (Lipinski definition) is 7. The Balaban J connectivity index is 1.80. The topological polar surface area (TPSA) is 122 Å². The third-order valence-electron chi connectivity index (χ3n) is 5.14. The lowest BCUT2D eigenvalue weighted by Crippen LogP contribution is -2.50. The lowest BCUT2D eigenvalue weighted by Gasteiger charge is -2.30. The van der Waals surface area contributed by atoms with Crippen LogP contribution in [0.3, 0.4) is 0 Å². The molecule has 1 aromatic rings. The van der Waals surface area contributed by atoms with E-state index < -0.39 is 23.8 Å². The molecular formula is C21H26N6O3. The number of hydrogen-bond donors (Lipinski definition) is 1. The highest BCUT2D eigenvalue weighted by atomic mass is 16.6. The second kappa shape index (κ2) is 8.58. The number of pyridine rings is 1. The Morgan fingerprint density at radius 3 is 2.73 bits per heavy atom. The zero-order valence-corrected chi connectivity index (χ0v) is 17.5. The maximum Gasteiger partial charge on any atom is 0.411 e. The Bertz CT molecular complexity index is 897. The van der Waals surface area contributed by atoms with Crippen LogP contribution in [0.25, 0.3) is 0 Å². The summed E-state index contributed by atoms with van der Waals surface area (Å²) >= 11 is 0. The zero-order chi connectivity index (χ0) is 21.9. The van der Waals surface area contributed by atoms with Gasteiger partial charge in [0.2, 0.25) is 5.91 Å². The van der Waals surface area contributed by atoms with Gasteiger partial charge in [-0.3, -0.25) is 9.69 Å². The van der Waals surface area contributed by atoms with Crippen LogP contribution >= 0.6 is 0 Å². The summed E-state index contributed by atoms with van der Waals surface area (Å²) in [6.45, 7) is 6.10. The van der Waals surface area contributed by atoms with Gasteiger partial charge in [-0.05, 0) is 52.2 Å². The summed E-state index contributed by atoms with van der Waals surface area (Å²) in [6.07, 6.45) is 2.76. The highest BCUT2D eigenvalue weighted by Gasteiger charge is 2.45. The van der Waals surface area contributed by atoms with E-state index in [-0.39, 0.29) is 18.5 Å². The zero-order valence-electron chi connectivity index (χ0n) is 17.5. The maximum absolute atomic E-state index is 13.2. The molecule has 2 amide bonds. The number of nitriles is 2. The van der Waals surface area contributed by atoms with E-state index in [1.54, 1.807) is 37.8 Å². The van der Waals surface area contributed by atoms with Gasteiger partial charge in [-0.2, -0.15) is 10.5 Å². The average molecular weight is 410 g/mol. The van der Waals surface area contributed by atoms with E-state index >= 15 is 0 Å². The van der Waals surface area contributed by atoms with Crippen molar-refractivity contribution in [3.05, 3.63) is 23.9 Å². The minimum atomic E-state index is -0.717. The summed E-state index contributed by atoms with van der Waals surface area (Å²) in [5.41, 5.74) is -0.224. The van der Waals surface area contributed by atoms with Crippen molar-refractivity contribution in [3.63, 3.8) is 0 Å². The Kier molecular flexibility index (Phi) is 6.12. The first-order valence-corrected chi connectivity index (χ1v) is 10.0. The molecule has 2 fully saturated rings. The maximum atomic E-state index is 13.2. The number of carbonyl (C=O) groups excluding carboxylic acids is 2. The van der Waals surface area contributed by atoms with Gasteiger partial charge in [-0.15, -0.1) is 0 Å². The standard InChI is InChI=1S/C21H26N6O3/c1-21(2,3)30-20(29)27-13-15(25-18-9-14(11-22)6-7-24-18)10-17(27)19(28)26-8-4-5-16(26)12-23/h6-7,9,15-17H,4-5,8,10,13H2,1-3H3,(H,24,25)/t15-,16?,17-/m0/s1. The third-order valence-corrected chi connectivity index (χ3v) is 5.14. The van der Waals surface area contributed by atoms with E-state index in [4.69, 9.17) is 10.00 Å². The summed E-state index contributed by atoms with van der Waals surface area (Å²) in [7, 11) is 0. The summed E-state index contributed by atoms with van der Waals surface area (Å²) in [4.78, 5) is 33.3. The largest absolute Gasteiger partial charge is 0.444 e. The summed E-state index contributed by atoms with van der Waals surface area (Å²) < 4.78 is 5.52. The Morgan fingerprint density at radius 2 is 2.07 bits per heavy atom. The molecule has 1 N–H and O–H groups in total. The summed E-state index contributed by atoms with van der Waals surface area (Å²) in [5, 5.41) is 21.7. The minimum Gasteiger partial charge on any atom is -0.444 e. The number of amides is 2. The number of nitrogens with zero attached hydrogens (tertiary/aromatic N) is 5. The van der Waals surface area contributed by atoms with E-state index in [1.165, 1.54) is 11.1 Å². The highest BCUT2D eigenvalue weighted by Crippen LogP contribution is 2.28. The van der Waals surface area contributed by atoms with Crippen molar-refractivity contribution in [1.29, 1.82) is 10.5 Å². The molecule has 0 aliphatic carbocycles. The van der Waals surface area contributed by atoms with Crippen LogP contribution in [0.2, 0.25) is 0 Å². The van der Waals surface area contributed by atoms with Gasteiger partial charge in [0.25, 0.3) is 0 Å². The first-order valence-electron chi connectivity index (χ1n) is 10.0. The molecule has 9 heteroatoms. The number of anilines is 1. The first kappa shape index (κ1) is 21.4. The van der Waals surface area contributed by atoms with Gasteiger partial charge in [0.05, 0.1) is 17.7 Å². The molecule has 0 spiro atoms. The van der Waals surface area contributed by atoms with Crippen LogP contribution in [0, 0.1) is 22.7 Å². The molecule has 3 atom stereocenters. The van der Waals surface area contributed by atoms with Crippen LogP contribution < -0.4 is 5.32 Å². The molecule has 0 saturated carbocycles. The molecule has 0 radical (unpaired) electrons. The molecule has 1 aromatic heterocycles. The van der Waals surface area contributed by atoms with Crippen LogP contribution in [0.15, 0.2) is 18.3 Å². The van der Waals surface area contributed by atoms with Crippen molar-refractivity contribution in [1.82, 2.24) is 14.8 Å². The summed E-state index contributed by atoms with van der Waals surface area (Å²) in [5.74, 6) is 0.278. The second-order valence-electron chi connectivity index (χ2n) is 8.59. The van der Waals surface area contributed by atoms with Crippen molar-refractivity contribution < 1.29 is 14.3 Å². The number of ether oxygens (including phenoxy) is 1. The molecule has 2 aliphatic heterocycles. The highest BCUT2D eigenvalue weighted by molar-refractivity contribution is 5.87. The molecular weight excluding hydrogens is 384 g/mol. The van der Waals surface area contributed by atoms with Crippen LogP contribution in [-0.4, -0.2) is 63.6 Å². The van der Waals surface area contributed by atoms with Crippen molar-refractivity contribution in [2.45, 2.75) is 63.8 Å². The Morgan fingerprint density at radius 1 is 1.30 bits per heavy atom. The monoisotopic (exact) mass is 410 g/mol. The van der Waals surface area contributed by atoms with Gasteiger partial charge in [-0.25, -0.2) is 9.78 Å². The lowest BCUT2D eigenvalue weighted by atomic mass is 10.1. The third kappa shape index (κ3) is 4.80. The second-order valence-corrected chi connectivity index (χ2v) is 8.59. The molecule has 0 aromatic carbocycles. The van der Waals surface area contributed by atoms with Gasteiger partial charge in [0, 0.05) is 25.3 Å². The number of likely N-dealkylation sites (tertiary alicyclic amines) is 2. The molecule has 158 valence electrons. The molecule has 9 nitrogen and oxygen atoms in total. The van der Waals surface area contributed by atoms with Gasteiger partial charge in [0.15, 0.2) is 0 Å². The molecule has 3 rings (SSSR count). The molecule has 2 saturated heterocycles. The SMILES string of the molecule is CC(C)(C)OC(=O)N1C[C@@H](Nc2cc(C#N)ccn2)C[C@H]1C(=O)N1CCCC1C#N. The molecule has 3 heterocycles. The molecule has 2 aliphatic rings. The van der Waals surface area contributed by atoms with E-state index in [0.717, 1.165) is 6.42 Å². The predicted octanol–water partition coefficient (Wildman–Crippen LogP) is 2.26. The lowest BCUT2D eigenvalue weighted by molar-refractivity contribution is -0.135. The molecule has 0 bridgehead atoms. The van der Waals surface area contributed by atoms with E-state index in [2.05, 4.69) is 22.4 Å². The number of aromatic nitrogens is 1. The van der Waals surface area contributed by atoms with E-state index in [0.29, 0.717) is 30.8 Å². The van der Waals surface area contributed by atoms with Gasteiger partial charge in [-0.1, -0.05) is 0 Å². The van der Waals surface area contributed by atoms with E-state index in [1.807, 2.05) is 0 Å². The average Bonchev–Trinajstić information content (AvgIpc) is 3.33. The minimum absolute atomic E-state index is 0.229. The van der Waals surface area contributed by atoms with Crippen LogP contribution in [0.4, 0.5) is 10.6 Å². The Labute approximate surface area is 176 Å². The predicted molar refractivity (Wildman–Crippen MR) is 108 cm³/mol. The van der Waals surface area contributed by atoms with Gasteiger partial charge in [0.1, 0.15) is 23.5 Å². The van der Waals surface area contributed by atoms with Gasteiger partial charge >= 0.3 is 6.09 Å². The molecule has 1 unspecified atom stereocenters. The Hall–Kier alpha value is -3.33. The first-order chi connectivity index (χ1) is 14.2. The van der Waals surface area contributed by atoms with Crippen molar-refractivity contribution in [2.75, 3.05) is 18.4 Å². The van der Waals surface area contributed by atoms with Crippen LogP contribution in [0.1, 0.15) is 45.6 Å². The number of rotatable bonds is 3. The van der Waals surface area contributed by atoms with Crippen LogP contribution in [0.5, 0.6) is 0 Å². The fourth-order valence-electron chi connectivity index (χ4n) is 3.84. The normalized spacial score (nSPS) is 23.6. The van der Waals surface area contributed by atoms with Crippen molar-refractivity contribution >= 4 is 17.8 Å².